The molecule has 1 N–H and O–H groups in total. The largest absolute Gasteiger partial charge is 0.360 e. The molecule has 2 nitrogen and oxygen atoms in total. The van der Waals surface area contributed by atoms with Crippen molar-refractivity contribution in [3.63, 3.8) is 0 Å². The first kappa shape index (κ1) is 12.9. The first-order valence-corrected chi connectivity index (χ1v) is 7.60. The van der Waals surface area contributed by atoms with Crippen LogP contribution in [0.3, 0.4) is 0 Å². The zero-order valence-corrected chi connectivity index (χ0v) is 13.5. The molecule has 2 aromatic carbocycles. The van der Waals surface area contributed by atoms with E-state index in [1.807, 2.05) is 42.5 Å². The number of fused-ring (bicyclic) bond motifs is 1. The maximum Gasteiger partial charge on any atom is 0.195 e. The first-order chi connectivity index (χ1) is 9.16. The Morgan fingerprint density at radius 3 is 2.74 bits per heavy atom. The summed E-state index contributed by atoms with van der Waals surface area (Å²) in [4.78, 5) is 15.7. The first-order valence-electron chi connectivity index (χ1n) is 5.72. The Kier molecular flexibility index (Phi) is 3.45. The highest BCUT2D eigenvalue weighted by atomic mass is 127. The van der Waals surface area contributed by atoms with Crippen LogP contribution in [0.15, 0.2) is 53.1 Å². The number of hydrogen-bond donors (Lipinski definition) is 1. The van der Waals surface area contributed by atoms with Gasteiger partial charge in [0.1, 0.15) is 0 Å². The van der Waals surface area contributed by atoms with Gasteiger partial charge in [-0.15, -0.1) is 0 Å². The van der Waals surface area contributed by atoms with Crippen molar-refractivity contribution in [2.45, 2.75) is 0 Å². The molecule has 94 valence electrons. The van der Waals surface area contributed by atoms with Gasteiger partial charge in [-0.25, -0.2) is 0 Å². The Balaban J connectivity index is 2.17. The highest BCUT2D eigenvalue weighted by Gasteiger charge is 2.16. The van der Waals surface area contributed by atoms with Gasteiger partial charge < -0.3 is 4.98 Å². The minimum atomic E-state index is 0.0386. The van der Waals surface area contributed by atoms with Crippen LogP contribution in [-0.2, 0) is 0 Å². The summed E-state index contributed by atoms with van der Waals surface area (Å²) >= 11 is 5.72. The van der Waals surface area contributed by atoms with Gasteiger partial charge in [0.2, 0.25) is 0 Å². The van der Waals surface area contributed by atoms with E-state index in [2.05, 4.69) is 43.5 Å². The highest BCUT2D eigenvalue weighted by Crippen LogP contribution is 2.28. The number of aromatic nitrogens is 1. The molecule has 0 spiro atoms. The molecule has 0 aliphatic carbocycles. The quantitative estimate of drug-likeness (QED) is 0.465. The lowest BCUT2D eigenvalue weighted by atomic mass is 10.0. The lowest BCUT2D eigenvalue weighted by molar-refractivity contribution is 0.104. The molecular formula is C15H9BrINO. The summed E-state index contributed by atoms with van der Waals surface area (Å²) in [5, 5.41) is 0.936. The molecule has 3 aromatic rings. The monoisotopic (exact) mass is 425 g/mol. The van der Waals surface area contributed by atoms with E-state index in [1.54, 1.807) is 6.20 Å². The Morgan fingerprint density at radius 1 is 1.16 bits per heavy atom. The van der Waals surface area contributed by atoms with Gasteiger partial charge in [-0.1, -0.05) is 34.1 Å². The van der Waals surface area contributed by atoms with Crippen molar-refractivity contribution in [2.75, 3.05) is 0 Å². The predicted octanol–water partition coefficient (Wildman–Crippen LogP) is 4.77. The molecule has 19 heavy (non-hydrogen) atoms. The van der Waals surface area contributed by atoms with Crippen LogP contribution in [0.2, 0.25) is 0 Å². The molecule has 1 heterocycles. The lowest BCUT2D eigenvalue weighted by Gasteiger charge is -2.02. The standard InChI is InChI=1S/C15H9BrINO/c16-12-5-2-6-13-14(12)11(8-18-13)15(19)9-3-1-4-10(17)7-9/h1-8,18H. The van der Waals surface area contributed by atoms with Crippen molar-refractivity contribution in [3.05, 3.63) is 67.8 Å². The van der Waals surface area contributed by atoms with E-state index in [1.165, 1.54) is 0 Å². The summed E-state index contributed by atoms with van der Waals surface area (Å²) in [6.45, 7) is 0. The van der Waals surface area contributed by atoms with E-state index < -0.39 is 0 Å². The molecule has 0 bridgehead atoms. The molecule has 1 aromatic heterocycles. The van der Waals surface area contributed by atoms with Crippen molar-refractivity contribution >= 4 is 55.2 Å². The van der Waals surface area contributed by atoms with Gasteiger partial charge in [0.05, 0.1) is 0 Å². The van der Waals surface area contributed by atoms with E-state index in [4.69, 9.17) is 0 Å². The zero-order valence-electron chi connectivity index (χ0n) is 9.78. The molecule has 0 unspecified atom stereocenters. The maximum atomic E-state index is 12.6. The summed E-state index contributed by atoms with van der Waals surface area (Å²) in [6.07, 6.45) is 1.78. The molecule has 0 atom stereocenters. The van der Waals surface area contributed by atoms with Gasteiger partial charge >= 0.3 is 0 Å². The number of halogens is 2. The second-order valence-corrected chi connectivity index (χ2v) is 6.30. The molecule has 0 aliphatic heterocycles. The topological polar surface area (TPSA) is 32.9 Å². The van der Waals surface area contributed by atoms with Crippen LogP contribution < -0.4 is 0 Å². The van der Waals surface area contributed by atoms with E-state index in [9.17, 15) is 4.79 Å². The second-order valence-electron chi connectivity index (χ2n) is 4.20. The van der Waals surface area contributed by atoms with Crippen LogP contribution in [0.25, 0.3) is 10.9 Å². The van der Waals surface area contributed by atoms with Gasteiger partial charge in [0.15, 0.2) is 5.78 Å². The fourth-order valence-electron chi connectivity index (χ4n) is 2.10. The maximum absolute atomic E-state index is 12.6. The number of nitrogens with one attached hydrogen (secondary N) is 1. The van der Waals surface area contributed by atoms with Crippen molar-refractivity contribution < 1.29 is 4.79 Å². The minimum absolute atomic E-state index is 0.0386. The van der Waals surface area contributed by atoms with Gasteiger partial charge in [-0.3, -0.25) is 4.79 Å². The summed E-state index contributed by atoms with van der Waals surface area (Å²) in [5.41, 5.74) is 2.37. The number of H-pyrrole nitrogens is 1. The predicted molar refractivity (Wildman–Crippen MR) is 88.6 cm³/mol. The number of aromatic amines is 1. The zero-order chi connectivity index (χ0) is 13.4. The van der Waals surface area contributed by atoms with E-state index in [0.29, 0.717) is 11.1 Å². The third-order valence-corrected chi connectivity index (χ3v) is 4.32. The number of ketones is 1. The van der Waals surface area contributed by atoms with Gasteiger partial charge in [0, 0.05) is 36.3 Å². The molecule has 0 saturated carbocycles. The lowest BCUT2D eigenvalue weighted by Crippen LogP contribution is -2.00. The Labute approximate surface area is 132 Å². The van der Waals surface area contributed by atoms with Crippen molar-refractivity contribution in [2.24, 2.45) is 0 Å². The Morgan fingerprint density at radius 2 is 1.95 bits per heavy atom. The summed E-state index contributed by atoms with van der Waals surface area (Å²) < 4.78 is 1.99. The third-order valence-electron chi connectivity index (χ3n) is 2.99. The number of benzene rings is 2. The third kappa shape index (κ3) is 2.34. The molecule has 4 heteroatoms. The normalized spacial score (nSPS) is 10.8. The molecular weight excluding hydrogens is 417 g/mol. The summed E-state index contributed by atoms with van der Waals surface area (Å²) in [7, 11) is 0. The van der Waals surface area contributed by atoms with Gasteiger partial charge in [-0.2, -0.15) is 0 Å². The van der Waals surface area contributed by atoms with Crippen molar-refractivity contribution in [3.8, 4) is 0 Å². The molecule has 0 amide bonds. The van der Waals surface area contributed by atoms with Crippen molar-refractivity contribution in [1.29, 1.82) is 0 Å². The van der Waals surface area contributed by atoms with Gasteiger partial charge in [0.25, 0.3) is 0 Å². The number of carbonyl (C=O) groups is 1. The van der Waals surface area contributed by atoms with Crippen LogP contribution in [0.5, 0.6) is 0 Å². The van der Waals surface area contributed by atoms with Crippen LogP contribution >= 0.6 is 38.5 Å². The molecule has 3 rings (SSSR count). The smallest absolute Gasteiger partial charge is 0.195 e. The fraction of sp³-hybridized carbons (Fsp3) is 0. The van der Waals surface area contributed by atoms with E-state index >= 15 is 0 Å². The van der Waals surface area contributed by atoms with Crippen LogP contribution in [0.4, 0.5) is 0 Å². The highest BCUT2D eigenvalue weighted by molar-refractivity contribution is 14.1. The van der Waals surface area contributed by atoms with E-state index in [0.717, 1.165) is 18.9 Å². The van der Waals surface area contributed by atoms with Crippen LogP contribution in [0.1, 0.15) is 15.9 Å². The van der Waals surface area contributed by atoms with E-state index in [-0.39, 0.29) is 5.78 Å². The summed E-state index contributed by atoms with van der Waals surface area (Å²) in [5.74, 6) is 0.0386. The number of carbonyl (C=O) groups excluding carboxylic acids is 1. The van der Waals surface area contributed by atoms with Gasteiger partial charge in [-0.05, 0) is 46.9 Å². The summed E-state index contributed by atoms with van der Waals surface area (Å²) in [6, 6.07) is 13.5. The molecule has 0 aliphatic rings. The molecule has 0 radical (unpaired) electrons. The second kappa shape index (κ2) is 5.09. The van der Waals surface area contributed by atoms with Crippen molar-refractivity contribution in [1.82, 2.24) is 4.98 Å². The fourth-order valence-corrected chi connectivity index (χ4v) is 3.23. The average Bonchev–Trinajstić information content (AvgIpc) is 2.83. The van der Waals surface area contributed by atoms with Crippen LogP contribution in [0, 0.1) is 3.57 Å². The number of hydrogen-bond acceptors (Lipinski definition) is 1. The Bertz CT molecular complexity index is 779. The number of rotatable bonds is 2. The SMILES string of the molecule is O=C(c1cccc(I)c1)c1c[nH]c2cccc(Br)c12. The van der Waals surface area contributed by atoms with Crippen LogP contribution in [-0.4, -0.2) is 10.8 Å². The average molecular weight is 426 g/mol. The molecule has 0 saturated heterocycles. The molecule has 0 fully saturated rings. The minimum Gasteiger partial charge on any atom is -0.360 e. The Hall–Kier alpha value is -1.14.